The third-order valence-electron chi connectivity index (χ3n) is 3.12. The van der Waals surface area contributed by atoms with Crippen LogP contribution in [0.25, 0.3) is 10.9 Å². The lowest BCUT2D eigenvalue weighted by atomic mass is 10.1. The van der Waals surface area contributed by atoms with E-state index >= 15 is 0 Å². The summed E-state index contributed by atoms with van der Waals surface area (Å²) in [5.41, 5.74) is 0.998. The minimum absolute atomic E-state index is 0.00562. The summed E-state index contributed by atoms with van der Waals surface area (Å²) in [5.74, 6) is 1.72. The summed E-state index contributed by atoms with van der Waals surface area (Å²) >= 11 is 0. The van der Waals surface area contributed by atoms with E-state index in [1.54, 1.807) is 0 Å². The molecule has 0 atom stereocenters. The fraction of sp³-hybridized carbons (Fsp3) is 0.444. The molecule has 23 heavy (non-hydrogen) atoms. The van der Waals surface area contributed by atoms with Gasteiger partial charge in [0, 0.05) is 24.0 Å². The third kappa shape index (κ3) is 5.77. The first-order chi connectivity index (χ1) is 11.0. The van der Waals surface area contributed by atoms with Gasteiger partial charge in [-0.1, -0.05) is 18.2 Å². The lowest BCUT2D eigenvalue weighted by Crippen LogP contribution is -2.47. The zero-order valence-corrected chi connectivity index (χ0v) is 14.5. The van der Waals surface area contributed by atoms with Crippen LogP contribution in [0.4, 0.5) is 5.82 Å². The number of aromatic nitrogens is 1. The Morgan fingerprint density at radius 3 is 2.65 bits per heavy atom. The van der Waals surface area contributed by atoms with Crippen LogP contribution in [-0.2, 0) is 0 Å². The van der Waals surface area contributed by atoms with Crippen molar-refractivity contribution < 1.29 is 0 Å². The van der Waals surface area contributed by atoms with Crippen molar-refractivity contribution in [1.29, 1.82) is 0 Å². The largest absolute Gasteiger partial charge is 0.368 e. The molecule has 1 heterocycles. The molecule has 1 aromatic heterocycles. The third-order valence-corrected chi connectivity index (χ3v) is 3.12. The second-order valence-corrected chi connectivity index (χ2v) is 6.45. The monoisotopic (exact) mass is 313 g/mol. The zero-order chi connectivity index (χ0) is 16.7. The zero-order valence-electron chi connectivity index (χ0n) is 14.5. The number of nitrogens with one attached hydrogen (secondary N) is 3. The molecule has 5 heteroatoms. The van der Waals surface area contributed by atoms with E-state index in [9.17, 15) is 0 Å². The lowest BCUT2D eigenvalue weighted by molar-refractivity contribution is 0.502. The minimum Gasteiger partial charge on any atom is -0.368 e. The summed E-state index contributed by atoms with van der Waals surface area (Å²) in [6.45, 7) is 10.7. The number of nitrogens with zero attached hydrogens (tertiary/aromatic N) is 2. The average molecular weight is 313 g/mol. The summed E-state index contributed by atoms with van der Waals surface area (Å²) in [6, 6.07) is 12.2. The molecule has 0 amide bonds. The molecule has 0 aliphatic rings. The summed E-state index contributed by atoms with van der Waals surface area (Å²) in [7, 11) is 0. The Morgan fingerprint density at radius 1 is 1.13 bits per heavy atom. The van der Waals surface area contributed by atoms with E-state index in [0.29, 0.717) is 6.54 Å². The highest BCUT2D eigenvalue weighted by atomic mass is 15.2. The van der Waals surface area contributed by atoms with Gasteiger partial charge in [0.05, 0.1) is 12.1 Å². The summed E-state index contributed by atoms with van der Waals surface area (Å²) in [4.78, 5) is 9.18. The minimum atomic E-state index is -0.00562. The maximum Gasteiger partial charge on any atom is 0.191 e. The number of aliphatic imine (C=N–C) groups is 1. The molecule has 0 aliphatic carbocycles. The molecular formula is C18H27N5. The van der Waals surface area contributed by atoms with Crippen LogP contribution in [0.5, 0.6) is 0 Å². The SMILES string of the molecule is CCNC(=NCCNc1ccc2ccccc2n1)NC(C)(C)C. The smallest absolute Gasteiger partial charge is 0.191 e. The predicted molar refractivity (Wildman–Crippen MR) is 99.1 cm³/mol. The van der Waals surface area contributed by atoms with Crippen LogP contribution in [0.2, 0.25) is 0 Å². The maximum atomic E-state index is 4.60. The van der Waals surface area contributed by atoms with Crippen LogP contribution in [0.3, 0.4) is 0 Å². The Bertz CT molecular complexity index is 658. The van der Waals surface area contributed by atoms with Gasteiger partial charge in [-0.15, -0.1) is 0 Å². The molecule has 0 saturated carbocycles. The van der Waals surface area contributed by atoms with E-state index in [1.165, 1.54) is 0 Å². The van der Waals surface area contributed by atoms with Gasteiger partial charge in [-0.25, -0.2) is 4.98 Å². The van der Waals surface area contributed by atoms with Gasteiger partial charge in [-0.05, 0) is 45.9 Å². The Morgan fingerprint density at radius 2 is 1.91 bits per heavy atom. The van der Waals surface area contributed by atoms with Crippen molar-refractivity contribution in [3.8, 4) is 0 Å². The number of hydrogen-bond donors (Lipinski definition) is 3. The molecule has 0 aliphatic heterocycles. The summed E-state index contributed by atoms with van der Waals surface area (Å²) in [6.07, 6.45) is 0. The van der Waals surface area contributed by atoms with E-state index in [-0.39, 0.29) is 5.54 Å². The van der Waals surface area contributed by atoms with Crippen molar-refractivity contribution >= 4 is 22.7 Å². The molecule has 0 unspecified atom stereocenters. The first-order valence-corrected chi connectivity index (χ1v) is 8.14. The van der Waals surface area contributed by atoms with E-state index < -0.39 is 0 Å². The summed E-state index contributed by atoms with van der Waals surface area (Å²) in [5, 5.41) is 11.1. The van der Waals surface area contributed by atoms with Gasteiger partial charge < -0.3 is 16.0 Å². The van der Waals surface area contributed by atoms with Crippen LogP contribution < -0.4 is 16.0 Å². The van der Waals surface area contributed by atoms with Crippen molar-refractivity contribution in [3.63, 3.8) is 0 Å². The molecule has 0 saturated heterocycles. The van der Waals surface area contributed by atoms with E-state index in [0.717, 1.165) is 35.8 Å². The standard InChI is InChI=1S/C18H27N5/c1-5-19-17(23-18(2,3)4)21-13-12-20-16-11-10-14-8-6-7-9-15(14)22-16/h6-11H,5,12-13H2,1-4H3,(H,20,22)(H2,19,21,23). The van der Waals surface area contributed by atoms with Gasteiger partial charge in [-0.2, -0.15) is 0 Å². The van der Waals surface area contributed by atoms with Crippen molar-refractivity contribution in [1.82, 2.24) is 15.6 Å². The van der Waals surface area contributed by atoms with E-state index in [2.05, 4.69) is 65.8 Å². The predicted octanol–water partition coefficient (Wildman–Crippen LogP) is 3.00. The van der Waals surface area contributed by atoms with Crippen molar-refractivity contribution in [2.24, 2.45) is 4.99 Å². The second-order valence-electron chi connectivity index (χ2n) is 6.45. The Hall–Kier alpha value is -2.30. The number of guanidine groups is 1. The average Bonchev–Trinajstić information content (AvgIpc) is 2.50. The first-order valence-electron chi connectivity index (χ1n) is 8.14. The van der Waals surface area contributed by atoms with Crippen LogP contribution in [0.15, 0.2) is 41.4 Å². The second kappa shape index (κ2) is 7.81. The maximum absolute atomic E-state index is 4.60. The van der Waals surface area contributed by atoms with Gasteiger partial charge in [0.15, 0.2) is 5.96 Å². The molecule has 2 rings (SSSR count). The fourth-order valence-electron chi connectivity index (χ4n) is 2.18. The van der Waals surface area contributed by atoms with Gasteiger partial charge in [0.1, 0.15) is 5.82 Å². The molecule has 3 N–H and O–H groups in total. The highest BCUT2D eigenvalue weighted by Gasteiger charge is 2.11. The van der Waals surface area contributed by atoms with Gasteiger partial charge in [0.25, 0.3) is 0 Å². The molecule has 0 spiro atoms. The van der Waals surface area contributed by atoms with Crippen LogP contribution in [0.1, 0.15) is 27.7 Å². The molecule has 2 aromatic rings. The number of rotatable bonds is 5. The molecule has 1 aromatic carbocycles. The molecule has 124 valence electrons. The number of pyridine rings is 1. The normalized spacial score (nSPS) is 12.3. The molecule has 5 nitrogen and oxygen atoms in total. The van der Waals surface area contributed by atoms with E-state index in [4.69, 9.17) is 0 Å². The Kier molecular flexibility index (Phi) is 5.79. The first kappa shape index (κ1) is 17.1. The van der Waals surface area contributed by atoms with Gasteiger partial charge >= 0.3 is 0 Å². The van der Waals surface area contributed by atoms with E-state index in [1.807, 2.05) is 24.3 Å². The van der Waals surface area contributed by atoms with Crippen LogP contribution in [0, 0.1) is 0 Å². The highest BCUT2D eigenvalue weighted by molar-refractivity contribution is 5.81. The Labute approximate surface area is 138 Å². The van der Waals surface area contributed by atoms with Crippen LogP contribution >= 0.6 is 0 Å². The van der Waals surface area contributed by atoms with Crippen molar-refractivity contribution in [2.75, 3.05) is 25.0 Å². The molecule has 0 fully saturated rings. The van der Waals surface area contributed by atoms with Crippen molar-refractivity contribution in [2.45, 2.75) is 33.2 Å². The van der Waals surface area contributed by atoms with Crippen molar-refractivity contribution in [3.05, 3.63) is 36.4 Å². The number of anilines is 1. The number of hydrogen-bond acceptors (Lipinski definition) is 3. The number of para-hydroxylation sites is 1. The van der Waals surface area contributed by atoms with Crippen LogP contribution in [-0.4, -0.2) is 36.1 Å². The quantitative estimate of drug-likeness (QED) is 0.451. The molecule has 0 bridgehead atoms. The fourth-order valence-corrected chi connectivity index (χ4v) is 2.18. The van der Waals surface area contributed by atoms with Gasteiger partial charge in [-0.3, -0.25) is 4.99 Å². The summed E-state index contributed by atoms with van der Waals surface area (Å²) < 4.78 is 0. The Balaban J connectivity index is 1.90. The van der Waals surface area contributed by atoms with Gasteiger partial charge in [0.2, 0.25) is 0 Å². The molecule has 0 radical (unpaired) electrons. The molecular weight excluding hydrogens is 286 g/mol. The topological polar surface area (TPSA) is 61.3 Å². The number of fused-ring (bicyclic) bond motifs is 1. The highest BCUT2D eigenvalue weighted by Crippen LogP contribution is 2.14. The number of benzene rings is 1. The lowest BCUT2D eigenvalue weighted by Gasteiger charge is -2.23.